The van der Waals surface area contributed by atoms with Crippen LogP contribution in [0.2, 0.25) is 0 Å². The third-order valence-corrected chi connectivity index (χ3v) is 6.32. The highest BCUT2D eigenvalue weighted by Gasteiger charge is 2.22. The smallest absolute Gasteiger partial charge is 0.233 e. The molecule has 1 aromatic heterocycles. The first kappa shape index (κ1) is 17.0. The number of rotatable bonds is 7. The van der Waals surface area contributed by atoms with Gasteiger partial charge in [-0.05, 0) is 32.6 Å². The van der Waals surface area contributed by atoms with E-state index >= 15 is 0 Å². The summed E-state index contributed by atoms with van der Waals surface area (Å²) in [6, 6.07) is 0.364. The first-order chi connectivity index (χ1) is 11.2. The predicted molar refractivity (Wildman–Crippen MR) is 93.1 cm³/mol. The highest BCUT2D eigenvalue weighted by Crippen LogP contribution is 2.29. The molecule has 3 rings (SSSR count). The fourth-order valence-corrected chi connectivity index (χ4v) is 4.84. The Bertz CT molecular complexity index is 513. The van der Waals surface area contributed by atoms with E-state index in [1.165, 1.54) is 35.9 Å². The molecule has 2 aliphatic rings. The zero-order valence-electron chi connectivity index (χ0n) is 13.4. The van der Waals surface area contributed by atoms with Crippen molar-refractivity contribution in [3.05, 3.63) is 0 Å². The molecule has 1 saturated heterocycles. The van der Waals surface area contributed by atoms with Crippen LogP contribution in [0.5, 0.6) is 0 Å². The molecule has 128 valence electrons. The molecule has 1 saturated carbocycles. The number of amides is 1. The number of hydrogen-bond acceptors (Lipinski definition) is 7. The van der Waals surface area contributed by atoms with Crippen LogP contribution in [0.3, 0.4) is 0 Å². The molecule has 2 unspecified atom stereocenters. The van der Waals surface area contributed by atoms with Gasteiger partial charge in [-0.3, -0.25) is 4.79 Å². The van der Waals surface area contributed by atoms with Crippen molar-refractivity contribution in [1.29, 1.82) is 0 Å². The minimum atomic E-state index is -0.144. The van der Waals surface area contributed by atoms with Gasteiger partial charge in [-0.25, -0.2) is 0 Å². The van der Waals surface area contributed by atoms with Gasteiger partial charge in [0.2, 0.25) is 11.0 Å². The van der Waals surface area contributed by atoms with E-state index in [0.717, 1.165) is 48.3 Å². The lowest BCUT2D eigenvalue weighted by atomic mass is 10.2. The summed E-state index contributed by atoms with van der Waals surface area (Å²) in [5.41, 5.74) is 0. The van der Waals surface area contributed by atoms with Crippen LogP contribution in [-0.2, 0) is 9.53 Å². The molecule has 1 aromatic rings. The molecule has 8 heteroatoms. The minimum Gasteiger partial charge on any atom is -0.376 e. The number of ether oxygens (including phenoxy) is 1. The standard InChI is InChI=1S/C15H24N4O2S2/c1-10(13(20)17-11-5-2-3-6-11)22-15-19-18-14(23-15)16-9-12-7-4-8-21-12/h10-12H,2-9H2,1H3,(H,16,18)(H,17,20). The zero-order valence-corrected chi connectivity index (χ0v) is 15.0. The van der Waals surface area contributed by atoms with Gasteiger partial charge >= 0.3 is 0 Å². The zero-order chi connectivity index (χ0) is 16.1. The number of carbonyl (C=O) groups excluding carboxylic acids is 1. The molecule has 0 radical (unpaired) electrons. The van der Waals surface area contributed by atoms with Gasteiger partial charge in [0.15, 0.2) is 4.34 Å². The number of aromatic nitrogens is 2. The van der Waals surface area contributed by atoms with Crippen LogP contribution in [-0.4, -0.2) is 46.7 Å². The molecule has 1 amide bonds. The summed E-state index contributed by atoms with van der Waals surface area (Å²) < 4.78 is 6.40. The molecule has 1 aliphatic heterocycles. The highest BCUT2D eigenvalue weighted by atomic mass is 32.2. The maximum atomic E-state index is 12.2. The Balaban J connectivity index is 1.42. The van der Waals surface area contributed by atoms with Crippen molar-refractivity contribution in [2.75, 3.05) is 18.5 Å². The second-order valence-electron chi connectivity index (χ2n) is 6.14. The van der Waals surface area contributed by atoms with Gasteiger partial charge in [-0.1, -0.05) is 35.9 Å². The second kappa shape index (κ2) is 8.30. The maximum absolute atomic E-state index is 12.2. The van der Waals surface area contributed by atoms with E-state index < -0.39 is 0 Å². The molecule has 2 fully saturated rings. The van der Waals surface area contributed by atoms with E-state index in [1.807, 2.05) is 6.92 Å². The number of anilines is 1. The van der Waals surface area contributed by atoms with E-state index in [-0.39, 0.29) is 17.3 Å². The first-order valence-corrected chi connectivity index (χ1v) is 10.1. The Kier molecular flexibility index (Phi) is 6.13. The Morgan fingerprint density at radius 3 is 2.91 bits per heavy atom. The summed E-state index contributed by atoms with van der Waals surface area (Å²) >= 11 is 2.97. The van der Waals surface area contributed by atoms with Crippen molar-refractivity contribution in [2.45, 2.75) is 67.2 Å². The molecule has 0 bridgehead atoms. The minimum absolute atomic E-state index is 0.103. The van der Waals surface area contributed by atoms with Crippen LogP contribution in [0.1, 0.15) is 45.4 Å². The van der Waals surface area contributed by atoms with E-state index in [1.54, 1.807) is 0 Å². The Labute approximate surface area is 145 Å². The van der Waals surface area contributed by atoms with Crippen LogP contribution in [0.4, 0.5) is 5.13 Å². The van der Waals surface area contributed by atoms with Gasteiger partial charge < -0.3 is 15.4 Å². The molecule has 1 aliphatic carbocycles. The molecule has 2 N–H and O–H groups in total. The first-order valence-electron chi connectivity index (χ1n) is 8.37. The molecular formula is C15H24N4O2S2. The Morgan fingerprint density at radius 2 is 2.17 bits per heavy atom. The molecule has 6 nitrogen and oxygen atoms in total. The normalized spacial score (nSPS) is 23.1. The summed E-state index contributed by atoms with van der Waals surface area (Å²) in [6.45, 7) is 3.56. The van der Waals surface area contributed by atoms with E-state index in [9.17, 15) is 4.79 Å². The number of nitrogens with zero attached hydrogens (tertiary/aromatic N) is 2. The maximum Gasteiger partial charge on any atom is 0.233 e. The largest absolute Gasteiger partial charge is 0.376 e. The van der Waals surface area contributed by atoms with Crippen molar-refractivity contribution >= 4 is 34.1 Å². The van der Waals surface area contributed by atoms with Crippen molar-refractivity contribution < 1.29 is 9.53 Å². The fourth-order valence-electron chi connectivity index (χ4n) is 2.93. The molecule has 23 heavy (non-hydrogen) atoms. The molecule has 2 atom stereocenters. The van der Waals surface area contributed by atoms with Gasteiger partial charge in [0.05, 0.1) is 11.4 Å². The number of thioether (sulfide) groups is 1. The fraction of sp³-hybridized carbons (Fsp3) is 0.800. The SMILES string of the molecule is CC(Sc1nnc(NCC2CCCO2)s1)C(=O)NC1CCCC1. The van der Waals surface area contributed by atoms with Gasteiger partial charge in [-0.2, -0.15) is 0 Å². The summed E-state index contributed by atoms with van der Waals surface area (Å²) in [5, 5.41) is 15.4. The van der Waals surface area contributed by atoms with Crippen LogP contribution in [0.25, 0.3) is 0 Å². The van der Waals surface area contributed by atoms with Crippen molar-refractivity contribution in [3.8, 4) is 0 Å². The van der Waals surface area contributed by atoms with Crippen LogP contribution in [0, 0.1) is 0 Å². The highest BCUT2D eigenvalue weighted by molar-refractivity contribution is 8.02. The monoisotopic (exact) mass is 356 g/mol. The Morgan fingerprint density at radius 1 is 1.35 bits per heavy atom. The number of hydrogen-bond donors (Lipinski definition) is 2. The van der Waals surface area contributed by atoms with Crippen molar-refractivity contribution in [3.63, 3.8) is 0 Å². The quantitative estimate of drug-likeness (QED) is 0.732. The lowest BCUT2D eigenvalue weighted by Gasteiger charge is -2.15. The van der Waals surface area contributed by atoms with E-state index in [0.29, 0.717) is 6.04 Å². The van der Waals surface area contributed by atoms with Gasteiger partial charge in [0.1, 0.15) is 0 Å². The topological polar surface area (TPSA) is 76.1 Å². The average molecular weight is 357 g/mol. The molecule has 0 spiro atoms. The van der Waals surface area contributed by atoms with E-state index in [4.69, 9.17) is 4.74 Å². The molecule has 2 heterocycles. The third-order valence-electron chi connectivity index (χ3n) is 4.26. The van der Waals surface area contributed by atoms with Gasteiger partial charge in [0, 0.05) is 19.2 Å². The van der Waals surface area contributed by atoms with Crippen LogP contribution < -0.4 is 10.6 Å². The lowest BCUT2D eigenvalue weighted by molar-refractivity contribution is -0.120. The van der Waals surface area contributed by atoms with Gasteiger partial charge in [-0.15, -0.1) is 10.2 Å². The van der Waals surface area contributed by atoms with Crippen LogP contribution >= 0.6 is 23.1 Å². The van der Waals surface area contributed by atoms with Gasteiger partial charge in [0.25, 0.3) is 0 Å². The van der Waals surface area contributed by atoms with Crippen molar-refractivity contribution in [1.82, 2.24) is 15.5 Å². The number of carbonyl (C=O) groups is 1. The van der Waals surface area contributed by atoms with E-state index in [2.05, 4.69) is 20.8 Å². The third kappa shape index (κ3) is 5.06. The molecule has 0 aromatic carbocycles. The second-order valence-corrected chi connectivity index (χ2v) is 8.70. The summed E-state index contributed by atoms with van der Waals surface area (Å²) in [4.78, 5) is 12.2. The predicted octanol–water partition coefficient (Wildman–Crippen LogP) is 2.67. The lowest BCUT2D eigenvalue weighted by Crippen LogP contribution is -2.37. The Hall–Kier alpha value is -0.860. The number of nitrogens with one attached hydrogen (secondary N) is 2. The summed E-state index contributed by atoms with van der Waals surface area (Å²) in [5.74, 6) is 0.103. The van der Waals surface area contributed by atoms with Crippen molar-refractivity contribution in [2.24, 2.45) is 0 Å². The summed E-state index contributed by atoms with van der Waals surface area (Å²) in [6.07, 6.45) is 7.19. The summed E-state index contributed by atoms with van der Waals surface area (Å²) in [7, 11) is 0. The molecular weight excluding hydrogens is 332 g/mol. The van der Waals surface area contributed by atoms with Crippen LogP contribution in [0.15, 0.2) is 4.34 Å². The average Bonchev–Trinajstić information content (AvgIpc) is 3.28.